The molecule has 0 aliphatic carbocycles. The number of nitrogens with zero attached hydrogens (tertiary/aromatic N) is 5. The third-order valence-electron chi connectivity index (χ3n) is 4.71. The monoisotopic (exact) mass is 381 g/mol. The predicted octanol–water partition coefficient (Wildman–Crippen LogP) is 4.38. The van der Waals surface area contributed by atoms with E-state index in [1.54, 1.807) is 6.33 Å². The smallest absolute Gasteiger partial charge is 0.137 e. The maximum Gasteiger partial charge on any atom is 0.137 e. The fourth-order valence-electron chi connectivity index (χ4n) is 3.24. The van der Waals surface area contributed by atoms with Crippen LogP contribution in [0.1, 0.15) is 5.69 Å². The highest BCUT2D eigenvalue weighted by molar-refractivity contribution is 5.69. The second-order valence-corrected chi connectivity index (χ2v) is 6.87. The standard InChI is InChI=1S/C23H19N5O/c1-27-13-19(25-16-27)15-29-20-7-5-17(6-8-20)21-12-18(9-10-24-21)22-14-28-11-3-2-4-23(28)26-22/h2-14,16H,15H2,1H3. The molecule has 0 aliphatic rings. The Kier molecular flexibility index (Phi) is 4.29. The number of benzene rings is 1. The zero-order valence-electron chi connectivity index (χ0n) is 15.9. The molecule has 0 aliphatic heterocycles. The summed E-state index contributed by atoms with van der Waals surface area (Å²) >= 11 is 0. The van der Waals surface area contributed by atoms with Gasteiger partial charge in [-0.25, -0.2) is 9.97 Å². The first kappa shape index (κ1) is 17.2. The summed E-state index contributed by atoms with van der Waals surface area (Å²) in [6, 6.07) is 18.0. The van der Waals surface area contributed by atoms with Gasteiger partial charge in [0.2, 0.25) is 0 Å². The van der Waals surface area contributed by atoms with Crippen molar-refractivity contribution in [1.82, 2.24) is 23.9 Å². The van der Waals surface area contributed by atoms with Gasteiger partial charge in [0.1, 0.15) is 18.0 Å². The van der Waals surface area contributed by atoms with Gasteiger partial charge in [-0.2, -0.15) is 0 Å². The van der Waals surface area contributed by atoms with Gasteiger partial charge in [-0.3, -0.25) is 4.98 Å². The third-order valence-corrected chi connectivity index (χ3v) is 4.71. The fourth-order valence-corrected chi connectivity index (χ4v) is 3.24. The van der Waals surface area contributed by atoms with Crippen LogP contribution in [0.5, 0.6) is 5.75 Å². The zero-order valence-corrected chi connectivity index (χ0v) is 15.9. The second kappa shape index (κ2) is 7.24. The molecule has 4 aromatic heterocycles. The predicted molar refractivity (Wildman–Crippen MR) is 111 cm³/mol. The van der Waals surface area contributed by atoms with E-state index in [2.05, 4.69) is 16.0 Å². The second-order valence-electron chi connectivity index (χ2n) is 6.87. The topological polar surface area (TPSA) is 57.2 Å². The van der Waals surface area contributed by atoms with Crippen molar-refractivity contribution in [2.24, 2.45) is 7.05 Å². The molecule has 0 N–H and O–H groups in total. The number of fused-ring (bicyclic) bond motifs is 1. The van der Waals surface area contributed by atoms with Crippen molar-refractivity contribution in [3.8, 4) is 28.3 Å². The van der Waals surface area contributed by atoms with Crippen LogP contribution in [0.4, 0.5) is 0 Å². The number of aryl methyl sites for hydroxylation is 1. The lowest BCUT2D eigenvalue weighted by molar-refractivity contribution is 0.302. The summed E-state index contributed by atoms with van der Waals surface area (Å²) in [5, 5.41) is 0. The highest BCUT2D eigenvalue weighted by Gasteiger charge is 2.07. The van der Waals surface area contributed by atoms with E-state index in [0.717, 1.165) is 39.6 Å². The molecule has 4 heterocycles. The lowest BCUT2D eigenvalue weighted by Gasteiger charge is -2.06. The van der Waals surface area contributed by atoms with E-state index in [1.807, 2.05) is 89.3 Å². The Morgan fingerprint density at radius 2 is 1.79 bits per heavy atom. The first-order valence-electron chi connectivity index (χ1n) is 9.35. The van der Waals surface area contributed by atoms with E-state index in [1.165, 1.54) is 0 Å². The average molecular weight is 381 g/mol. The van der Waals surface area contributed by atoms with Crippen molar-refractivity contribution >= 4 is 5.65 Å². The Morgan fingerprint density at radius 1 is 0.897 bits per heavy atom. The van der Waals surface area contributed by atoms with Crippen LogP contribution in [0.3, 0.4) is 0 Å². The van der Waals surface area contributed by atoms with Gasteiger partial charge in [-0.05, 0) is 48.5 Å². The molecule has 0 amide bonds. The largest absolute Gasteiger partial charge is 0.487 e. The SMILES string of the molecule is Cn1cnc(COc2ccc(-c3cc(-c4cn5ccccc5n4)ccn3)cc2)c1. The van der Waals surface area contributed by atoms with E-state index in [-0.39, 0.29) is 0 Å². The summed E-state index contributed by atoms with van der Waals surface area (Å²) in [5.41, 5.74) is 5.72. The Hall–Kier alpha value is -3.93. The number of pyridine rings is 2. The van der Waals surface area contributed by atoms with Crippen LogP contribution in [-0.4, -0.2) is 23.9 Å². The lowest BCUT2D eigenvalue weighted by Crippen LogP contribution is -1.95. The Bertz CT molecular complexity index is 1240. The van der Waals surface area contributed by atoms with Crippen molar-refractivity contribution in [1.29, 1.82) is 0 Å². The van der Waals surface area contributed by atoms with Gasteiger partial charge in [-0.1, -0.05) is 6.07 Å². The molecule has 6 heteroatoms. The number of imidazole rings is 2. The molecule has 29 heavy (non-hydrogen) atoms. The first-order chi connectivity index (χ1) is 14.2. The number of hydrogen-bond acceptors (Lipinski definition) is 4. The van der Waals surface area contributed by atoms with Gasteiger partial charge in [0.25, 0.3) is 0 Å². The summed E-state index contributed by atoms with van der Waals surface area (Å²) in [5.74, 6) is 0.802. The zero-order chi connectivity index (χ0) is 19.6. The molecule has 5 rings (SSSR count). The molecular formula is C23H19N5O. The quantitative estimate of drug-likeness (QED) is 0.453. The molecule has 0 saturated carbocycles. The number of ether oxygens (including phenoxy) is 1. The summed E-state index contributed by atoms with van der Waals surface area (Å²) < 4.78 is 9.74. The summed E-state index contributed by atoms with van der Waals surface area (Å²) in [7, 11) is 1.94. The number of rotatable bonds is 5. The van der Waals surface area contributed by atoms with E-state index >= 15 is 0 Å². The summed E-state index contributed by atoms with van der Waals surface area (Å²) in [4.78, 5) is 13.5. The molecule has 1 aromatic carbocycles. The van der Waals surface area contributed by atoms with Gasteiger partial charge >= 0.3 is 0 Å². The maximum atomic E-state index is 5.81. The highest BCUT2D eigenvalue weighted by atomic mass is 16.5. The fraction of sp³-hybridized carbons (Fsp3) is 0.0870. The van der Waals surface area contributed by atoms with Gasteiger partial charge in [0.15, 0.2) is 0 Å². The van der Waals surface area contributed by atoms with Crippen molar-refractivity contribution in [3.63, 3.8) is 0 Å². The molecule has 5 aromatic rings. The first-order valence-corrected chi connectivity index (χ1v) is 9.35. The number of aromatic nitrogens is 5. The van der Waals surface area contributed by atoms with Gasteiger partial charge in [0.05, 0.1) is 23.4 Å². The minimum absolute atomic E-state index is 0.446. The van der Waals surface area contributed by atoms with Crippen LogP contribution < -0.4 is 4.74 Å². The molecule has 0 saturated heterocycles. The third kappa shape index (κ3) is 3.60. The summed E-state index contributed by atoms with van der Waals surface area (Å²) in [6.07, 6.45) is 9.56. The molecule has 0 unspecified atom stereocenters. The molecule has 6 nitrogen and oxygen atoms in total. The lowest BCUT2D eigenvalue weighted by atomic mass is 10.1. The van der Waals surface area contributed by atoms with Crippen LogP contribution in [0.15, 0.2) is 85.7 Å². The minimum atomic E-state index is 0.446. The Morgan fingerprint density at radius 3 is 2.59 bits per heavy atom. The van der Waals surface area contributed by atoms with Crippen LogP contribution in [-0.2, 0) is 13.7 Å². The Balaban J connectivity index is 1.36. The summed E-state index contributed by atoms with van der Waals surface area (Å²) in [6.45, 7) is 0.446. The van der Waals surface area contributed by atoms with E-state index in [9.17, 15) is 0 Å². The molecule has 142 valence electrons. The van der Waals surface area contributed by atoms with Gasteiger partial charge in [-0.15, -0.1) is 0 Å². The maximum absolute atomic E-state index is 5.81. The molecule has 0 radical (unpaired) electrons. The molecule has 0 bridgehead atoms. The molecule has 0 fully saturated rings. The average Bonchev–Trinajstić information content (AvgIpc) is 3.39. The molecule has 0 spiro atoms. The minimum Gasteiger partial charge on any atom is -0.487 e. The van der Waals surface area contributed by atoms with Crippen LogP contribution in [0, 0.1) is 0 Å². The van der Waals surface area contributed by atoms with Crippen molar-refractivity contribution in [3.05, 3.63) is 91.4 Å². The van der Waals surface area contributed by atoms with Crippen LogP contribution in [0.2, 0.25) is 0 Å². The number of hydrogen-bond donors (Lipinski definition) is 0. The van der Waals surface area contributed by atoms with Crippen molar-refractivity contribution < 1.29 is 4.74 Å². The van der Waals surface area contributed by atoms with Gasteiger partial charge in [0, 0.05) is 43.0 Å². The van der Waals surface area contributed by atoms with E-state index in [4.69, 9.17) is 9.72 Å². The van der Waals surface area contributed by atoms with Crippen LogP contribution >= 0.6 is 0 Å². The normalized spacial score (nSPS) is 11.1. The molecule has 0 atom stereocenters. The highest BCUT2D eigenvalue weighted by Crippen LogP contribution is 2.26. The van der Waals surface area contributed by atoms with E-state index < -0.39 is 0 Å². The Labute approximate surface area is 168 Å². The van der Waals surface area contributed by atoms with E-state index in [0.29, 0.717) is 6.61 Å². The molecular weight excluding hydrogens is 362 g/mol. The van der Waals surface area contributed by atoms with Crippen molar-refractivity contribution in [2.75, 3.05) is 0 Å². The van der Waals surface area contributed by atoms with Gasteiger partial charge < -0.3 is 13.7 Å². The van der Waals surface area contributed by atoms with Crippen molar-refractivity contribution in [2.45, 2.75) is 6.61 Å². The van der Waals surface area contributed by atoms with Crippen LogP contribution in [0.25, 0.3) is 28.2 Å².